The Labute approximate surface area is 108 Å². The van der Waals surface area contributed by atoms with E-state index < -0.39 is 11.7 Å². The number of aryl methyl sites for hydroxylation is 1. The number of nitrogens with zero attached hydrogens (tertiary/aromatic N) is 3. The number of alkyl halides is 3. The predicted octanol–water partition coefficient (Wildman–Crippen LogP) is 3.51. The molecule has 1 aromatic heterocycles. The molecule has 0 saturated carbocycles. The lowest BCUT2D eigenvalue weighted by Crippen LogP contribution is -2.42. The monoisotopic (exact) mass is 267 g/mol. The van der Waals surface area contributed by atoms with Gasteiger partial charge in [0.05, 0.1) is 22.7 Å². The van der Waals surface area contributed by atoms with E-state index in [1.165, 1.54) is 13.0 Å². The maximum absolute atomic E-state index is 13.2. The molecule has 100 valence electrons. The SMILES string of the molecule is Cc1nc2ccc(C#N)cc2n1C(C)(C)C(F)(F)F. The van der Waals surface area contributed by atoms with Gasteiger partial charge in [0.15, 0.2) is 0 Å². The average Bonchev–Trinajstić information content (AvgIpc) is 2.62. The topological polar surface area (TPSA) is 41.6 Å². The third-order valence-electron chi connectivity index (χ3n) is 3.20. The minimum absolute atomic E-state index is 0.271. The van der Waals surface area contributed by atoms with Gasteiger partial charge in [-0.2, -0.15) is 18.4 Å². The normalized spacial score (nSPS) is 12.7. The van der Waals surface area contributed by atoms with Crippen LogP contribution >= 0.6 is 0 Å². The molecule has 0 bridgehead atoms. The predicted molar refractivity (Wildman–Crippen MR) is 64.6 cm³/mol. The van der Waals surface area contributed by atoms with Crippen LogP contribution in [0.2, 0.25) is 0 Å². The molecule has 1 aromatic carbocycles. The summed E-state index contributed by atoms with van der Waals surface area (Å²) in [7, 11) is 0. The number of aromatic nitrogens is 2. The molecule has 0 amide bonds. The summed E-state index contributed by atoms with van der Waals surface area (Å²) in [5.74, 6) is 0.271. The van der Waals surface area contributed by atoms with E-state index >= 15 is 0 Å². The van der Waals surface area contributed by atoms with Crippen molar-refractivity contribution in [3.8, 4) is 6.07 Å². The third kappa shape index (κ3) is 1.95. The van der Waals surface area contributed by atoms with E-state index in [2.05, 4.69) is 4.98 Å². The van der Waals surface area contributed by atoms with Crippen molar-refractivity contribution in [2.75, 3.05) is 0 Å². The summed E-state index contributed by atoms with van der Waals surface area (Å²) in [5.41, 5.74) is -1.00. The summed E-state index contributed by atoms with van der Waals surface area (Å²) in [4.78, 5) is 4.12. The quantitative estimate of drug-likeness (QED) is 0.793. The van der Waals surface area contributed by atoms with Crippen LogP contribution in [0.1, 0.15) is 25.2 Å². The van der Waals surface area contributed by atoms with Gasteiger partial charge in [-0.3, -0.25) is 0 Å². The van der Waals surface area contributed by atoms with E-state index in [0.717, 1.165) is 18.4 Å². The lowest BCUT2D eigenvalue weighted by molar-refractivity contribution is -0.202. The maximum Gasteiger partial charge on any atom is 0.411 e. The molecule has 3 nitrogen and oxygen atoms in total. The number of fused-ring (bicyclic) bond motifs is 1. The van der Waals surface area contributed by atoms with Gasteiger partial charge in [-0.25, -0.2) is 4.98 Å². The second-order valence-corrected chi connectivity index (χ2v) is 4.87. The second kappa shape index (κ2) is 3.98. The van der Waals surface area contributed by atoms with Crippen molar-refractivity contribution in [3.63, 3.8) is 0 Å². The molecule has 0 aliphatic rings. The molecule has 2 rings (SSSR count). The highest BCUT2D eigenvalue weighted by atomic mass is 19.4. The van der Waals surface area contributed by atoms with Crippen molar-refractivity contribution in [3.05, 3.63) is 29.6 Å². The molecule has 0 unspecified atom stereocenters. The highest BCUT2D eigenvalue weighted by molar-refractivity contribution is 5.78. The molecule has 0 N–H and O–H groups in total. The van der Waals surface area contributed by atoms with E-state index in [9.17, 15) is 13.2 Å². The van der Waals surface area contributed by atoms with Crippen molar-refractivity contribution < 1.29 is 13.2 Å². The lowest BCUT2D eigenvalue weighted by atomic mass is 10.0. The highest BCUT2D eigenvalue weighted by Gasteiger charge is 2.50. The van der Waals surface area contributed by atoms with Crippen LogP contribution in [0.15, 0.2) is 18.2 Å². The largest absolute Gasteiger partial charge is 0.411 e. The molecule has 0 aliphatic carbocycles. The summed E-state index contributed by atoms with van der Waals surface area (Å²) in [5, 5.41) is 8.86. The van der Waals surface area contributed by atoms with Crippen LogP contribution in [0.5, 0.6) is 0 Å². The first-order chi connectivity index (χ1) is 8.68. The van der Waals surface area contributed by atoms with Gasteiger partial charge in [-0.1, -0.05) is 0 Å². The Bertz CT molecular complexity index is 675. The van der Waals surface area contributed by atoms with E-state index in [-0.39, 0.29) is 5.82 Å². The maximum atomic E-state index is 13.2. The second-order valence-electron chi connectivity index (χ2n) is 4.87. The molecule has 1 heterocycles. The molecule has 0 saturated heterocycles. The Morgan fingerprint density at radius 2 is 1.89 bits per heavy atom. The van der Waals surface area contributed by atoms with Crippen LogP contribution in [0.4, 0.5) is 13.2 Å². The standard InChI is InChI=1S/C13H12F3N3/c1-8-18-10-5-4-9(7-17)6-11(10)19(8)12(2,3)13(14,15)16/h4-6H,1-3H3. The van der Waals surface area contributed by atoms with E-state index in [4.69, 9.17) is 5.26 Å². The van der Waals surface area contributed by atoms with Gasteiger partial charge >= 0.3 is 6.18 Å². The highest BCUT2D eigenvalue weighted by Crippen LogP contribution is 2.39. The molecule has 0 atom stereocenters. The molecule has 0 fully saturated rings. The lowest BCUT2D eigenvalue weighted by Gasteiger charge is -2.31. The van der Waals surface area contributed by atoms with E-state index in [0.29, 0.717) is 16.6 Å². The van der Waals surface area contributed by atoms with E-state index in [1.807, 2.05) is 6.07 Å². The summed E-state index contributed by atoms with van der Waals surface area (Å²) in [6.45, 7) is 3.72. The Morgan fingerprint density at radius 3 is 2.42 bits per heavy atom. The Hall–Kier alpha value is -2.03. The number of rotatable bonds is 1. The number of benzene rings is 1. The van der Waals surface area contributed by atoms with Gasteiger partial charge in [0.2, 0.25) is 0 Å². The van der Waals surface area contributed by atoms with Crippen LogP contribution in [0.3, 0.4) is 0 Å². The fourth-order valence-corrected chi connectivity index (χ4v) is 2.10. The van der Waals surface area contributed by atoms with Gasteiger partial charge in [0.1, 0.15) is 11.4 Å². The Kier molecular flexibility index (Phi) is 2.81. The summed E-state index contributed by atoms with van der Waals surface area (Å²) < 4.78 is 40.6. The molecule has 2 aromatic rings. The number of hydrogen-bond donors (Lipinski definition) is 0. The van der Waals surface area contributed by atoms with Crippen LogP contribution in [0.25, 0.3) is 11.0 Å². The minimum atomic E-state index is -4.41. The summed E-state index contributed by atoms with van der Waals surface area (Å²) >= 11 is 0. The zero-order chi connectivity index (χ0) is 14.4. The Balaban J connectivity index is 2.80. The molecular weight excluding hydrogens is 255 g/mol. The first-order valence-electron chi connectivity index (χ1n) is 5.65. The number of nitriles is 1. The van der Waals surface area contributed by atoms with Crippen molar-refractivity contribution in [1.82, 2.24) is 9.55 Å². The molecule has 0 spiro atoms. The smallest absolute Gasteiger partial charge is 0.313 e. The van der Waals surface area contributed by atoms with Gasteiger partial charge in [0, 0.05) is 0 Å². The van der Waals surface area contributed by atoms with Crippen molar-refractivity contribution in [2.45, 2.75) is 32.5 Å². The number of imidazole rings is 1. The van der Waals surface area contributed by atoms with Crippen molar-refractivity contribution in [1.29, 1.82) is 5.26 Å². The first-order valence-corrected chi connectivity index (χ1v) is 5.65. The summed E-state index contributed by atoms with van der Waals surface area (Å²) in [6, 6.07) is 6.46. The zero-order valence-corrected chi connectivity index (χ0v) is 10.7. The molecule has 6 heteroatoms. The van der Waals surface area contributed by atoms with Crippen LogP contribution in [0, 0.1) is 18.3 Å². The fourth-order valence-electron chi connectivity index (χ4n) is 2.10. The van der Waals surface area contributed by atoms with Crippen molar-refractivity contribution in [2.24, 2.45) is 0 Å². The molecule has 0 aliphatic heterocycles. The minimum Gasteiger partial charge on any atom is -0.313 e. The molecule has 19 heavy (non-hydrogen) atoms. The van der Waals surface area contributed by atoms with Crippen LogP contribution in [-0.4, -0.2) is 15.7 Å². The van der Waals surface area contributed by atoms with Crippen LogP contribution in [-0.2, 0) is 5.54 Å². The van der Waals surface area contributed by atoms with Crippen molar-refractivity contribution >= 4 is 11.0 Å². The van der Waals surface area contributed by atoms with Gasteiger partial charge in [-0.15, -0.1) is 0 Å². The zero-order valence-electron chi connectivity index (χ0n) is 10.7. The first kappa shape index (κ1) is 13.4. The number of hydrogen-bond acceptors (Lipinski definition) is 2. The number of halogens is 3. The third-order valence-corrected chi connectivity index (χ3v) is 3.20. The fraction of sp³-hybridized carbons (Fsp3) is 0.385. The van der Waals surface area contributed by atoms with Crippen LogP contribution < -0.4 is 0 Å². The van der Waals surface area contributed by atoms with E-state index in [1.54, 1.807) is 12.1 Å². The Morgan fingerprint density at radius 1 is 1.26 bits per heavy atom. The van der Waals surface area contributed by atoms with Gasteiger partial charge in [-0.05, 0) is 39.0 Å². The van der Waals surface area contributed by atoms with Gasteiger partial charge < -0.3 is 4.57 Å². The molecular formula is C13H12F3N3. The summed E-state index contributed by atoms with van der Waals surface area (Å²) in [6.07, 6.45) is -4.41. The average molecular weight is 267 g/mol. The van der Waals surface area contributed by atoms with Gasteiger partial charge in [0.25, 0.3) is 0 Å². The molecule has 0 radical (unpaired) electrons.